The third kappa shape index (κ3) is 6.65. The van der Waals surface area contributed by atoms with Crippen molar-refractivity contribution < 1.29 is 0 Å². The Morgan fingerprint density at radius 1 is 0.273 bits per heavy atom. The van der Waals surface area contributed by atoms with E-state index >= 15 is 0 Å². The van der Waals surface area contributed by atoms with Crippen molar-refractivity contribution in [2.24, 2.45) is 0 Å². The molecule has 0 aliphatic heterocycles. The summed E-state index contributed by atoms with van der Waals surface area (Å²) in [6.07, 6.45) is 0. The molecule has 5 aromatic rings. The molecule has 0 amide bonds. The van der Waals surface area contributed by atoms with Crippen LogP contribution in [0.1, 0.15) is 22.3 Å². The van der Waals surface area contributed by atoms with Gasteiger partial charge in [-0.3, -0.25) is 0 Å². The van der Waals surface area contributed by atoms with Crippen LogP contribution in [0.2, 0.25) is 0 Å². The minimum Gasteiger partial charge on any atom is -0.378 e. The molecule has 0 saturated heterocycles. The van der Waals surface area contributed by atoms with Gasteiger partial charge in [0, 0.05) is 79.1 Å². The molecule has 0 N–H and O–H groups in total. The maximum absolute atomic E-state index is 2.27. The lowest BCUT2D eigenvalue weighted by molar-refractivity contribution is 1.13. The monoisotopic (exact) mass is 580 g/mol. The Bertz CT molecular complexity index is 1540. The summed E-state index contributed by atoms with van der Waals surface area (Å²) in [5.41, 5.74) is 12.0. The summed E-state index contributed by atoms with van der Waals surface area (Å²) < 4.78 is 0. The van der Waals surface area contributed by atoms with Crippen molar-refractivity contribution in [3.05, 3.63) is 154 Å². The fourth-order valence-corrected chi connectivity index (χ4v) is 5.51. The highest BCUT2D eigenvalue weighted by Gasteiger charge is 2.11. The summed E-state index contributed by atoms with van der Waals surface area (Å²) in [7, 11) is 16.6. The molecule has 0 aliphatic rings. The number of nitrogens with zero attached hydrogens (tertiary/aromatic N) is 4. The van der Waals surface area contributed by atoms with Crippen molar-refractivity contribution in [1.82, 2.24) is 0 Å². The van der Waals surface area contributed by atoms with Crippen molar-refractivity contribution in [1.29, 1.82) is 0 Å². The quantitative estimate of drug-likeness (QED) is 0.209. The average Bonchev–Trinajstić information content (AvgIpc) is 3.03. The van der Waals surface area contributed by atoms with Crippen molar-refractivity contribution >= 4 is 33.9 Å². The highest BCUT2D eigenvalue weighted by molar-refractivity contribution is 5.82. The summed E-state index contributed by atoms with van der Waals surface area (Å²) >= 11 is 0. The van der Waals surface area contributed by atoms with Crippen LogP contribution in [0, 0.1) is 0 Å². The molecular weight excluding hydrogens is 536 g/mol. The minimum absolute atomic E-state index is 1.19. The van der Waals surface area contributed by atoms with Crippen LogP contribution in [0.15, 0.2) is 121 Å². The van der Waals surface area contributed by atoms with E-state index in [0.717, 1.165) is 0 Å². The van der Waals surface area contributed by atoms with Gasteiger partial charge in [0.1, 0.15) is 0 Å². The van der Waals surface area contributed by atoms with Gasteiger partial charge in [-0.2, -0.15) is 0 Å². The van der Waals surface area contributed by atoms with E-state index < -0.39 is 0 Å². The van der Waals surface area contributed by atoms with Crippen LogP contribution in [0.3, 0.4) is 0 Å². The number of hydrogen-bond acceptors (Lipinski definition) is 4. The largest absolute Gasteiger partial charge is 0.378 e. The molecule has 5 rings (SSSR count). The van der Waals surface area contributed by atoms with Crippen LogP contribution in [-0.4, -0.2) is 56.4 Å². The second kappa shape index (κ2) is 13.1. The molecule has 0 heterocycles. The molecule has 44 heavy (non-hydrogen) atoms. The Balaban J connectivity index is 1.72. The first-order valence-electron chi connectivity index (χ1n) is 15.1. The molecule has 0 bridgehead atoms. The molecule has 0 fully saturated rings. The highest BCUT2D eigenvalue weighted by Crippen LogP contribution is 2.27. The van der Waals surface area contributed by atoms with Gasteiger partial charge in [0.15, 0.2) is 0 Å². The molecule has 224 valence electrons. The lowest BCUT2D eigenvalue weighted by Crippen LogP contribution is -2.16. The van der Waals surface area contributed by atoms with Crippen LogP contribution >= 0.6 is 0 Å². The van der Waals surface area contributed by atoms with Gasteiger partial charge in [-0.1, -0.05) is 72.8 Å². The predicted molar refractivity (Wildman–Crippen MR) is 192 cm³/mol. The van der Waals surface area contributed by atoms with Gasteiger partial charge in [-0.25, -0.2) is 0 Å². The Hall–Kier alpha value is -4.96. The third-order valence-electron chi connectivity index (χ3n) is 8.15. The molecule has 4 heteroatoms. The fourth-order valence-electron chi connectivity index (χ4n) is 5.51. The average molecular weight is 581 g/mol. The molecule has 0 unspecified atom stereocenters. The molecule has 0 radical (unpaired) electrons. The standard InChI is InChI=1S/C40H44N4/c1-41(2)35-21-13-31(14-22-35)39(32-15-23-36(24-16-32)42(3)4)29-9-11-30(12-10-29)40(33-17-25-37(26-18-33)43(5)6)34-19-27-38(28-20-34)44(7)8/h9-28H,1-8H3. The van der Waals surface area contributed by atoms with E-state index in [4.69, 9.17) is 0 Å². The van der Waals surface area contributed by atoms with E-state index in [1.807, 2.05) is 0 Å². The maximum atomic E-state index is 2.27. The normalized spacial score (nSPS) is 10.7. The van der Waals surface area contributed by atoms with Crippen LogP contribution in [-0.2, 0) is 0 Å². The summed E-state index contributed by atoms with van der Waals surface area (Å²) in [6, 6.07) is 44.5. The van der Waals surface area contributed by atoms with Gasteiger partial charge in [0.2, 0.25) is 0 Å². The summed E-state index contributed by atoms with van der Waals surface area (Å²) in [5, 5.41) is 2.38. The molecular formula is C40H44N4. The van der Waals surface area contributed by atoms with Crippen molar-refractivity contribution in [3.63, 3.8) is 0 Å². The zero-order valence-corrected chi connectivity index (χ0v) is 27.3. The van der Waals surface area contributed by atoms with E-state index in [-0.39, 0.29) is 0 Å². The molecule has 0 spiro atoms. The summed E-state index contributed by atoms with van der Waals surface area (Å²) in [4.78, 5) is 8.55. The van der Waals surface area contributed by atoms with Gasteiger partial charge >= 0.3 is 0 Å². The van der Waals surface area contributed by atoms with Crippen LogP contribution in [0.5, 0.6) is 0 Å². The number of anilines is 4. The Kier molecular flexibility index (Phi) is 9.10. The SMILES string of the molecule is CN(C)c1ccc(C(c2ccc(N(C)C)cc2)=c2ccc(=C(c3ccc(N(C)C)cc3)c3ccc(N(C)C)cc3)cc2)cc1. The van der Waals surface area contributed by atoms with Crippen molar-refractivity contribution in [2.45, 2.75) is 0 Å². The van der Waals surface area contributed by atoms with Gasteiger partial charge in [0.25, 0.3) is 0 Å². The first-order chi connectivity index (χ1) is 21.1. The van der Waals surface area contributed by atoms with Crippen LogP contribution < -0.4 is 30.0 Å². The smallest absolute Gasteiger partial charge is 0.0361 e. The topological polar surface area (TPSA) is 13.0 Å². The summed E-state index contributed by atoms with van der Waals surface area (Å²) in [6.45, 7) is 0. The van der Waals surface area contributed by atoms with E-state index in [1.165, 1.54) is 66.6 Å². The summed E-state index contributed by atoms with van der Waals surface area (Å²) in [5.74, 6) is 0. The number of rotatable bonds is 8. The molecule has 0 atom stereocenters. The molecule has 0 aliphatic carbocycles. The number of hydrogen-bond donors (Lipinski definition) is 0. The second-order valence-corrected chi connectivity index (χ2v) is 12.1. The van der Waals surface area contributed by atoms with Gasteiger partial charge in [-0.15, -0.1) is 0 Å². The zero-order valence-electron chi connectivity index (χ0n) is 27.3. The zero-order chi connectivity index (χ0) is 31.4. The molecule has 5 aromatic carbocycles. The van der Waals surface area contributed by atoms with Crippen LogP contribution in [0.25, 0.3) is 11.1 Å². The second-order valence-electron chi connectivity index (χ2n) is 12.1. The van der Waals surface area contributed by atoms with E-state index in [0.29, 0.717) is 0 Å². The predicted octanol–water partition coefficient (Wildman–Crippen LogP) is 6.45. The lowest BCUT2D eigenvalue weighted by atomic mass is 9.93. The fraction of sp³-hybridized carbons (Fsp3) is 0.200. The minimum atomic E-state index is 1.19. The van der Waals surface area contributed by atoms with Crippen molar-refractivity contribution in [2.75, 3.05) is 76.0 Å². The van der Waals surface area contributed by atoms with Gasteiger partial charge < -0.3 is 19.6 Å². The maximum Gasteiger partial charge on any atom is 0.0361 e. The third-order valence-corrected chi connectivity index (χ3v) is 8.15. The lowest BCUT2D eigenvalue weighted by Gasteiger charge is -2.17. The molecule has 4 nitrogen and oxygen atoms in total. The highest BCUT2D eigenvalue weighted by atomic mass is 15.1. The first kappa shape index (κ1) is 30.5. The van der Waals surface area contributed by atoms with E-state index in [9.17, 15) is 0 Å². The van der Waals surface area contributed by atoms with Crippen molar-refractivity contribution in [3.8, 4) is 0 Å². The Morgan fingerprint density at radius 2 is 0.455 bits per heavy atom. The van der Waals surface area contributed by atoms with Gasteiger partial charge in [-0.05, 0) is 92.4 Å². The van der Waals surface area contributed by atoms with E-state index in [1.54, 1.807) is 0 Å². The Labute approximate surface area is 263 Å². The van der Waals surface area contributed by atoms with E-state index in [2.05, 4.69) is 197 Å². The van der Waals surface area contributed by atoms with Crippen LogP contribution in [0.4, 0.5) is 22.7 Å². The number of benzene rings is 5. The molecule has 0 saturated carbocycles. The Morgan fingerprint density at radius 3 is 0.614 bits per heavy atom. The van der Waals surface area contributed by atoms with Gasteiger partial charge in [0.05, 0.1) is 0 Å². The first-order valence-corrected chi connectivity index (χ1v) is 15.1. The molecule has 0 aromatic heterocycles.